The smallest absolute Gasteiger partial charge is 0.331 e. The monoisotopic (exact) mass is 659 g/mol. The van der Waals surface area contributed by atoms with Crippen molar-refractivity contribution in [2.75, 3.05) is 6.54 Å². The highest BCUT2D eigenvalue weighted by Gasteiger charge is 2.44. The number of aromatic nitrogens is 1. The normalized spacial score (nSPS) is 18.4. The second kappa shape index (κ2) is 11.7. The van der Waals surface area contributed by atoms with Gasteiger partial charge in [0.1, 0.15) is 0 Å². The third-order valence-corrected chi connectivity index (χ3v) is 9.78. The molecule has 2 aliphatic heterocycles. The maximum Gasteiger partial charge on any atom is 0.417 e. The number of carbonyl (C=O) groups excluding carboxylic acids is 1. The lowest BCUT2D eigenvalue weighted by Gasteiger charge is -2.35. The molecule has 0 spiro atoms. The van der Waals surface area contributed by atoms with Crippen LogP contribution in [-0.2, 0) is 12.7 Å². The van der Waals surface area contributed by atoms with E-state index in [0.29, 0.717) is 56.5 Å². The van der Waals surface area contributed by atoms with E-state index in [1.807, 2.05) is 67.4 Å². The number of carbonyl (C=O) groups is 1. The van der Waals surface area contributed by atoms with Crippen LogP contribution in [-0.4, -0.2) is 38.1 Å². The van der Waals surface area contributed by atoms with E-state index in [2.05, 4.69) is 0 Å². The second-order valence-corrected chi connectivity index (χ2v) is 12.9. The zero-order valence-corrected chi connectivity index (χ0v) is 26.6. The fourth-order valence-corrected chi connectivity index (χ4v) is 7.15. The number of hydrogen-bond acceptors (Lipinski definition) is 5. The number of pyridine rings is 1. The van der Waals surface area contributed by atoms with Crippen molar-refractivity contribution in [1.29, 1.82) is 0 Å². The van der Waals surface area contributed by atoms with Crippen LogP contribution in [0.25, 0.3) is 22.5 Å². The minimum atomic E-state index is -4.69. The van der Waals surface area contributed by atoms with E-state index < -0.39 is 23.7 Å². The Balaban J connectivity index is 1.26. The number of hydrogen-bond donors (Lipinski definition) is 1. The molecule has 4 aromatic rings. The van der Waals surface area contributed by atoms with Crippen LogP contribution >= 0.6 is 11.6 Å². The van der Waals surface area contributed by atoms with Gasteiger partial charge in [-0.15, -0.1) is 0 Å². The summed E-state index contributed by atoms with van der Waals surface area (Å²) in [5.74, 6) is 6.24. The van der Waals surface area contributed by atoms with E-state index in [1.165, 1.54) is 5.12 Å². The molecule has 2 atom stereocenters. The van der Waals surface area contributed by atoms with Crippen molar-refractivity contribution < 1.29 is 18.0 Å². The van der Waals surface area contributed by atoms with Gasteiger partial charge in [0, 0.05) is 18.3 Å². The molecule has 7 nitrogen and oxygen atoms in total. The molecule has 1 aliphatic carbocycles. The second-order valence-electron chi connectivity index (χ2n) is 12.5. The van der Waals surface area contributed by atoms with Crippen molar-refractivity contribution in [3.05, 3.63) is 128 Å². The van der Waals surface area contributed by atoms with Gasteiger partial charge in [0.25, 0.3) is 11.5 Å². The average molecular weight is 660 g/mol. The Morgan fingerprint density at radius 3 is 2.43 bits per heavy atom. The van der Waals surface area contributed by atoms with Gasteiger partial charge in [-0.2, -0.15) is 18.3 Å². The molecule has 7 rings (SSSR count). The van der Waals surface area contributed by atoms with Gasteiger partial charge in [0.15, 0.2) is 0 Å². The summed E-state index contributed by atoms with van der Waals surface area (Å²) in [5, 5.41) is 4.74. The molecule has 0 saturated heterocycles. The molecular formula is C36H33ClF3N5O2. The first-order valence-electron chi connectivity index (χ1n) is 15.6. The van der Waals surface area contributed by atoms with Crippen LogP contribution in [0.5, 0.6) is 0 Å². The molecule has 0 unspecified atom stereocenters. The molecule has 47 heavy (non-hydrogen) atoms. The lowest BCUT2D eigenvalue weighted by molar-refractivity contribution is -0.138. The quantitative estimate of drug-likeness (QED) is 0.208. The largest absolute Gasteiger partial charge is 0.417 e. The van der Waals surface area contributed by atoms with Crippen molar-refractivity contribution in [2.24, 2.45) is 11.8 Å². The average Bonchev–Trinajstić information content (AvgIpc) is 3.75. The Morgan fingerprint density at radius 1 is 0.979 bits per heavy atom. The summed E-state index contributed by atoms with van der Waals surface area (Å²) in [5.41, 5.74) is 1.21. The van der Waals surface area contributed by atoms with Crippen molar-refractivity contribution in [3.8, 4) is 5.69 Å². The lowest BCUT2D eigenvalue weighted by Crippen LogP contribution is -2.45. The minimum Gasteiger partial charge on any atom is -0.331 e. The van der Waals surface area contributed by atoms with E-state index in [4.69, 9.17) is 17.4 Å². The minimum absolute atomic E-state index is 0.108. The lowest BCUT2D eigenvalue weighted by atomic mass is 9.98. The van der Waals surface area contributed by atoms with Crippen LogP contribution in [0.1, 0.15) is 65.5 Å². The highest BCUT2D eigenvalue weighted by atomic mass is 35.5. The maximum absolute atomic E-state index is 14.3. The molecule has 1 amide bonds. The van der Waals surface area contributed by atoms with Crippen LogP contribution in [0, 0.1) is 5.92 Å². The zero-order chi connectivity index (χ0) is 33.2. The molecule has 3 aromatic carbocycles. The summed E-state index contributed by atoms with van der Waals surface area (Å²) < 4.78 is 44.6. The molecule has 3 aliphatic rings. The Bertz CT molecular complexity index is 2020. The fraction of sp³-hybridized carbons (Fsp3) is 0.278. The Labute approximate surface area is 274 Å². The van der Waals surface area contributed by atoms with Gasteiger partial charge in [-0.3, -0.25) is 25.0 Å². The number of rotatable bonds is 7. The number of alkyl halides is 3. The zero-order valence-electron chi connectivity index (χ0n) is 25.8. The molecule has 1 aromatic heterocycles. The molecular weight excluding hydrogens is 627 g/mol. The predicted molar refractivity (Wildman–Crippen MR) is 176 cm³/mol. The van der Waals surface area contributed by atoms with Gasteiger partial charge >= 0.3 is 6.18 Å². The predicted octanol–water partition coefficient (Wildman–Crippen LogP) is 7.48. The number of benzene rings is 3. The summed E-state index contributed by atoms with van der Waals surface area (Å²) in [4.78, 5) is 28.7. The van der Waals surface area contributed by atoms with Crippen LogP contribution in [0.15, 0.2) is 89.4 Å². The molecule has 2 N–H and O–H groups in total. The first-order valence-corrected chi connectivity index (χ1v) is 16.0. The number of halogens is 4. The summed E-state index contributed by atoms with van der Waals surface area (Å²) in [6.45, 7) is 4.33. The Morgan fingerprint density at radius 2 is 1.72 bits per heavy atom. The summed E-state index contributed by atoms with van der Waals surface area (Å²) >= 11 is 6.49. The number of nitrogens with two attached hydrogens (primary N) is 1. The van der Waals surface area contributed by atoms with Gasteiger partial charge in [0.2, 0.25) is 0 Å². The summed E-state index contributed by atoms with van der Waals surface area (Å²) in [6, 6.07) is 18.6. The molecule has 1 fully saturated rings. The van der Waals surface area contributed by atoms with E-state index in [-0.39, 0.29) is 23.7 Å². The number of fused-ring (bicyclic) bond motifs is 2. The van der Waals surface area contributed by atoms with Gasteiger partial charge in [-0.05, 0) is 97.7 Å². The standard InChI is InChI=1S/C36H33ClF3N5O2/c1-21(24-12-13-24)42-20-26-17-23(18-29(36(38,39)40)32(26)34(42)46)11-14-28-15-16-43(41)45(28)22(2)31-19-25-7-6-10-30(37)33(25)35(47)44(31)27-8-4-3-5-9-27/h3-11,14-15,17-19,21-22,24H,12-13,16,20,41H2,1-2H3/b14-11+/t21-,22-/m0/s1. The van der Waals surface area contributed by atoms with E-state index in [1.54, 1.807) is 39.8 Å². The van der Waals surface area contributed by atoms with E-state index >= 15 is 0 Å². The number of para-hydroxylation sites is 1. The molecule has 1 saturated carbocycles. The van der Waals surface area contributed by atoms with E-state index in [0.717, 1.165) is 18.9 Å². The van der Waals surface area contributed by atoms with Crippen LogP contribution in [0.4, 0.5) is 13.2 Å². The Kier molecular flexibility index (Phi) is 7.77. The first kappa shape index (κ1) is 31.2. The third kappa shape index (κ3) is 5.54. The summed E-state index contributed by atoms with van der Waals surface area (Å²) in [6.07, 6.45) is 2.48. The highest BCUT2D eigenvalue weighted by Crippen LogP contribution is 2.42. The SMILES string of the molecule is C[C@@H](C1CC1)N1Cc2cc(/C=C/C3=CCN(N)N3[C@@H](C)c3cc4cccc(Cl)c4c(=O)n3-c3ccccc3)cc(C(F)(F)F)c2C1=O. The van der Waals surface area contributed by atoms with Crippen LogP contribution < -0.4 is 11.4 Å². The van der Waals surface area contributed by atoms with Crippen molar-refractivity contribution >= 4 is 34.4 Å². The van der Waals surface area contributed by atoms with Crippen molar-refractivity contribution in [2.45, 2.75) is 51.5 Å². The summed E-state index contributed by atoms with van der Waals surface area (Å²) in [7, 11) is 0. The fourth-order valence-electron chi connectivity index (χ4n) is 6.89. The maximum atomic E-state index is 14.3. The van der Waals surface area contributed by atoms with Gasteiger partial charge < -0.3 is 4.90 Å². The van der Waals surface area contributed by atoms with Crippen molar-refractivity contribution in [3.63, 3.8) is 0 Å². The topological polar surface area (TPSA) is 74.8 Å². The number of allylic oxidation sites excluding steroid dienone is 1. The first-order chi connectivity index (χ1) is 22.4. The van der Waals surface area contributed by atoms with Crippen molar-refractivity contribution in [1.82, 2.24) is 19.6 Å². The van der Waals surface area contributed by atoms with Crippen LogP contribution in [0.3, 0.4) is 0 Å². The molecule has 11 heteroatoms. The number of nitrogens with zero attached hydrogens (tertiary/aromatic N) is 4. The Hall–Kier alpha value is -4.38. The molecule has 242 valence electrons. The third-order valence-electron chi connectivity index (χ3n) is 9.47. The van der Waals surface area contributed by atoms with Gasteiger partial charge in [0.05, 0.1) is 45.5 Å². The van der Waals surface area contributed by atoms with Gasteiger partial charge in [-0.25, -0.2) is 0 Å². The van der Waals surface area contributed by atoms with Gasteiger partial charge in [-0.1, -0.05) is 48.0 Å². The number of amides is 1. The molecule has 0 radical (unpaired) electrons. The molecule has 3 heterocycles. The number of hydrazine groups is 2. The van der Waals surface area contributed by atoms with Crippen LogP contribution in [0.2, 0.25) is 5.02 Å². The molecule has 0 bridgehead atoms. The van der Waals surface area contributed by atoms with E-state index in [9.17, 15) is 22.8 Å². The highest BCUT2D eigenvalue weighted by molar-refractivity contribution is 6.35.